The van der Waals surface area contributed by atoms with Crippen molar-refractivity contribution in [3.8, 4) is 11.8 Å². The second kappa shape index (κ2) is 7.70. The molecule has 168 valence electrons. The smallest absolute Gasteiger partial charge is 0.321 e. The fourth-order valence-corrected chi connectivity index (χ4v) is 3.93. The predicted molar refractivity (Wildman–Crippen MR) is 110 cm³/mol. The summed E-state index contributed by atoms with van der Waals surface area (Å²) in [6, 6.07) is 8.87. The van der Waals surface area contributed by atoms with E-state index in [4.69, 9.17) is 10.00 Å². The number of alkyl halides is 2. The molecular weight excluding hydrogens is 436 g/mol. The van der Waals surface area contributed by atoms with Gasteiger partial charge in [-0.05, 0) is 30.3 Å². The Labute approximate surface area is 185 Å². The van der Waals surface area contributed by atoms with Crippen LogP contribution in [0.1, 0.15) is 17.2 Å². The minimum Gasteiger partial charge on any atom is -0.482 e. The van der Waals surface area contributed by atoms with Gasteiger partial charge in [-0.1, -0.05) is 0 Å². The molecule has 2 aromatic heterocycles. The van der Waals surface area contributed by atoms with Gasteiger partial charge in [0.1, 0.15) is 5.75 Å². The summed E-state index contributed by atoms with van der Waals surface area (Å²) in [5.41, 5.74) is 1.44. The van der Waals surface area contributed by atoms with Crippen molar-refractivity contribution in [3.63, 3.8) is 0 Å². The Bertz CT molecular complexity index is 1290. The Hall–Kier alpha value is -4.27. The number of carbonyl (C=O) groups is 2. The van der Waals surface area contributed by atoms with Crippen LogP contribution in [-0.2, 0) is 4.79 Å². The zero-order chi connectivity index (χ0) is 23.2. The number of carbonyl (C=O) groups excluding carboxylic acids is 2. The molecule has 1 aromatic carbocycles. The summed E-state index contributed by atoms with van der Waals surface area (Å²) in [7, 11) is 0. The van der Waals surface area contributed by atoms with Gasteiger partial charge in [0.05, 0.1) is 42.0 Å². The number of ether oxygens (including phenoxy) is 1. The summed E-state index contributed by atoms with van der Waals surface area (Å²) in [5.74, 6) is -4.24. The van der Waals surface area contributed by atoms with Gasteiger partial charge in [-0.2, -0.15) is 10.4 Å². The van der Waals surface area contributed by atoms with E-state index in [1.165, 1.54) is 39.9 Å². The van der Waals surface area contributed by atoms with E-state index in [2.05, 4.69) is 20.7 Å². The van der Waals surface area contributed by atoms with Crippen LogP contribution < -0.4 is 20.3 Å². The number of hydrogen-bond acceptors (Lipinski definition) is 7. The molecule has 3 amide bonds. The molecule has 2 aliphatic rings. The second-order valence-corrected chi connectivity index (χ2v) is 7.79. The highest BCUT2D eigenvalue weighted by Gasteiger charge is 2.50. The van der Waals surface area contributed by atoms with Crippen molar-refractivity contribution >= 4 is 23.3 Å². The van der Waals surface area contributed by atoms with E-state index in [1.54, 1.807) is 12.3 Å². The van der Waals surface area contributed by atoms with Crippen molar-refractivity contribution in [1.82, 2.24) is 25.2 Å². The number of imide groups is 1. The first-order chi connectivity index (χ1) is 15.8. The van der Waals surface area contributed by atoms with Gasteiger partial charge in [-0.25, -0.2) is 23.1 Å². The number of aromatic nitrogens is 3. The number of hydrogen-bond donors (Lipinski definition) is 2. The zero-order valence-electron chi connectivity index (χ0n) is 17.0. The first kappa shape index (κ1) is 20.6. The molecule has 12 heteroatoms. The number of urea groups is 1. The number of amides is 3. The maximum Gasteiger partial charge on any atom is 0.321 e. The largest absolute Gasteiger partial charge is 0.482 e. The molecule has 0 spiro atoms. The standard InChI is InChI=1S/C21H17F2N7O3/c22-21(23)11-29(10-17(21)33-13-3-1-12(8-24)2-4-13)16-7-15(28-30-6-5-25-18(16)30)14-9-26-20(32)27-19(14)31/h1-7,14,17H,9-11H2,(H2,26,27,31,32). The summed E-state index contributed by atoms with van der Waals surface area (Å²) in [5, 5.41) is 18.0. The van der Waals surface area contributed by atoms with Crippen LogP contribution in [0.25, 0.3) is 5.65 Å². The molecule has 0 radical (unpaired) electrons. The molecule has 2 saturated heterocycles. The molecule has 2 fully saturated rings. The number of rotatable bonds is 4. The number of nitrogens with zero attached hydrogens (tertiary/aromatic N) is 5. The number of benzene rings is 1. The monoisotopic (exact) mass is 453 g/mol. The molecule has 0 saturated carbocycles. The lowest BCUT2D eigenvalue weighted by Crippen LogP contribution is -2.51. The third kappa shape index (κ3) is 3.78. The van der Waals surface area contributed by atoms with E-state index in [0.29, 0.717) is 22.6 Å². The molecule has 2 N–H and O–H groups in total. The number of fused-ring (bicyclic) bond motifs is 1. The third-order valence-electron chi connectivity index (χ3n) is 5.60. The normalized spacial score (nSPS) is 22.0. The average Bonchev–Trinajstić information content (AvgIpc) is 3.37. The molecule has 0 aliphatic carbocycles. The first-order valence-electron chi connectivity index (χ1n) is 10.1. The van der Waals surface area contributed by atoms with Crippen LogP contribution in [0.15, 0.2) is 42.7 Å². The van der Waals surface area contributed by atoms with Crippen LogP contribution in [0.5, 0.6) is 5.75 Å². The van der Waals surface area contributed by atoms with Gasteiger partial charge in [-0.15, -0.1) is 0 Å². The van der Waals surface area contributed by atoms with Gasteiger partial charge in [0.15, 0.2) is 11.8 Å². The van der Waals surface area contributed by atoms with Gasteiger partial charge < -0.3 is 15.0 Å². The molecular formula is C21H17F2N7O3. The van der Waals surface area contributed by atoms with Crippen molar-refractivity contribution in [2.75, 3.05) is 24.5 Å². The minimum absolute atomic E-state index is 0.0396. The first-order valence-corrected chi connectivity index (χ1v) is 10.1. The SMILES string of the molecule is N#Cc1ccc(OC2CN(c3cc(C4CNC(=O)NC4=O)nn4ccnc34)CC2(F)F)cc1. The lowest BCUT2D eigenvalue weighted by molar-refractivity contribution is -0.122. The molecule has 2 aliphatic heterocycles. The Morgan fingerprint density at radius 2 is 2.03 bits per heavy atom. The van der Waals surface area contributed by atoms with E-state index >= 15 is 0 Å². The topological polar surface area (TPSA) is 125 Å². The van der Waals surface area contributed by atoms with Crippen molar-refractivity contribution in [1.29, 1.82) is 5.26 Å². The quantitative estimate of drug-likeness (QED) is 0.612. The Kier molecular flexibility index (Phi) is 4.81. The average molecular weight is 453 g/mol. The molecule has 33 heavy (non-hydrogen) atoms. The number of anilines is 1. The summed E-state index contributed by atoms with van der Waals surface area (Å²) in [4.78, 5) is 29.4. The van der Waals surface area contributed by atoms with Crippen molar-refractivity contribution in [2.45, 2.75) is 17.9 Å². The molecule has 5 rings (SSSR count). The van der Waals surface area contributed by atoms with Gasteiger partial charge in [-0.3, -0.25) is 10.1 Å². The van der Waals surface area contributed by atoms with Crippen LogP contribution in [0, 0.1) is 11.3 Å². The molecule has 0 bridgehead atoms. The number of halogens is 2. The van der Waals surface area contributed by atoms with Gasteiger partial charge >= 0.3 is 12.0 Å². The highest BCUT2D eigenvalue weighted by molar-refractivity contribution is 6.00. The lowest BCUT2D eigenvalue weighted by atomic mass is 10.0. The van der Waals surface area contributed by atoms with Crippen LogP contribution in [0.2, 0.25) is 0 Å². The highest BCUT2D eigenvalue weighted by Crippen LogP contribution is 2.36. The van der Waals surface area contributed by atoms with E-state index < -0.39 is 36.4 Å². The van der Waals surface area contributed by atoms with Crippen LogP contribution in [0.3, 0.4) is 0 Å². The minimum atomic E-state index is -3.17. The van der Waals surface area contributed by atoms with Crippen molar-refractivity contribution in [3.05, 3.63) is 54.0 Å². The maximum absolute atomic E-state index is 14.9. The Morgan fingerprint density at radius 1 is 1.24 bits per heavy atom. The molecule has 4 heterocycles. The summed E-state index contributed by atoms with van der Waals surface area (Å²) in [6.45, 7) is -0.710. The highest BCUT2D eigenvalue weighted by atomic mass is 19.3. The van der Waals surface area contributed by atoms with E-state index in [9.17, 15) is 18.4 Å². The maximum atomic E-state index is 14.9. The second-order valence-electron chi connectivity index (χ2n) is 7.79. The van der Waals surface area contributed by atoms with Crippen LogP contribution in [-0.4, -0.2) is 58.2 Å². The molecule has 10 nitrogen and oxygen atoms in total. The fourth-order valence-electron chi connectivity index (χ4n) is 3.93. The summed E-state index contributed by atoms with van der Waals surface area (Å²) >= 11 is 0. The summed E-state index contributed by atoms with van der Waals surface area (Å²) in [6.07, 6.45) is 1.60. The van der Waals surface area contributed by atoms with Gasteiger partial charge in [0.2, 0.25) is 5.91 Å². The number of nitrogens with one attached hydrogen (secondary N) is 2. The fraction of sp³-hybridized carbons (Fsp3) is 0.286. The van der Waals surface area contributed by atoms with Crippen molar-refractivity contribution < 1.29 is 23.1 Å². The van der Waals surface area contributed by atoms with E-state index in [0.717, 1.165) is 0 Å². The van der Waals surface area contributed by atoms with Crippen LogP contribution >= 0.6 is 0 Å². The molecule has 3 aromatic rings. The van der Waals surface area contributed by atoms with E-state index in [-0.39, 0.29) is 18.8 Å². The predicted octanol–water partition coefficient (Wildman–Crippen LogP) is 1.43. The molecule has 2 atom stereocenters. The van der Waals surface area contributed by atoms with Crippen molar-refractivity contribution in [2.24, 2.45) is 0 Å². The number of nitriles is 1. The van der Waals surface area contributed by atoms with Gasteiger partial charge in [0.25, 0.3) is 0 Å². The van der Waals surface area contributed by atoms with Crippen LogP contribution in [0.4, 0.5) is 19.3 Å². The summed E-state index contributed by atoms with van der Waals surface area (Å²) < 4.78 is 36.8. The Morgan fingerprint density at radius 3 is 2.76 bits per heavy atom. The number of imidazole rings is 1. The van der Waals surface area contributed by atoms with Gasteiger partial charge in [0, 0.05) is 18.9 Å². The molecule has 2 unspecified atom stereocenters. The van der Waals surface area contributed by atoms with E-state index in [1.807, 2.05) is 6.07 Å². The third-order valence-corrected chi connectivity index (χ3v) is 5.60. The zero-order valence-corrected chi connectivity index (χ0v) is 17.0. The Balaban J connectivity index is 1.45. The lowest BCUT2D eigenvalue weighted by Gasteiger charge is -2.24.